The molecule has 1 fully saturated rings. The Bertz CT molecular complexity index is 951. The molecule has 1 aliphatic rings. The fourth-order valence-electron chi connectivity index (χ4n) is 3.94. The molecule has 2 aromatic heterocycles. The van der Waals surface area contributed by atoms with Crippen LogP contribution in [0.5, 0.6) is 0 Å². The summed E-state index contributed by atoms with van der Waals surface area (Å²) in [5, 5.41) is 11.1. The van der Waals surface area contributed by atoms with Gasteiger partial charge in [-0.25, -0.2) is 4.98 Å². The number of ether oxygens (including phenoxy) is 1. The Morgan fingerprint density at radius 1 is 1.07 bits per heavy atom. The summed E-state index contributed by atoms with van der Waals surface area (Å²) in [4.78, 5) is 9.44. The molecule has 1 aliphatic heterocycles. The van der Waals surface area contributed by atoms with Gasteiger partial charge in [0.1, 0.15) is 5.65 Å². The molecule has 6 nitrogen and oxygen atoms in total. The molecular formula is C23H29ClN4O2. The van der Waals surface area contributed by atoms with Crippen molar-refractivity contribution in [1.29, 1.82) is 0 Å². The molecule has 1 atom stereocenters. The number of nitrogens with zero attached hydrogens (tertiary/aromatic N) is 4. The van der Waals surface area contributed by atoms with Crippen LogP contribution in [0.15, 0.2) is 48.7 Å². The molecule has 4 rings (SSSR count). The number of aromatic nitrogens is 2. The first-order chi connectivity index (χ1) is 14.6. The molecule has 0 bridgehead atoms. The standard InChI is InChI=1S/C23H29ClN4O2/c1-18-22(28-9-3-2-4-23(28)25-18)15-27-12-10-26(11-13-27)14-21(29)17-30-16-19-5-7-20(24)8-6-19/h2-9,21,29H,10-17H2,1H3. The molecule has 3 aromatic rings. The monoisotopic (exact) mass is 428 g/mol. The van der Waals surface area contributed by atoms with E-state index in [0.29, 0.717) is 19.8 Å². The Kier molecular flexibility index (Phi) is 7.02. The number of piperazine rings is 1. The number of aliphatic hydroxyl groups excluding tert-OH is 1. The van der Waals surface area contributed by atoms with Crippen LogP contribution in [0.3, 0.4) is 0 Å². The summed E-state index contributed by atoms with van der Waals surface area (Å²) in [6.07, 6.45) is 1.60. The molecule has 3 heterocycles. The Hall–Kier alpha value is -1.96. The van der Waals surface area contributed by atoms with Gasteiger partial charge in [0.05, 0.1) is 30.7 Å². The summed E-state index contributed by atoms with van der Waals surface area (Å²) in [5.41, 5.74) is 4.42. The Morgan fingerprint density at radius 2 is 1.80 bits per heavy atom. The smallest absolute Gasteiger partial charge is 0.137 e. The number of hydrogen-bond acceptors (Lipinski definition) is 5. The van der Waals surface area contributed by atoms with Gasteiger partial charge in [0.25, 0.3) is 0 Å². The third-order valence-electron chi connectivity index (χ3n) is 5.63. The predicted molar refractivity (Wildman–Crippen MR) is 119 cm³/mol. The van der Waals surface area contributed by atoms with Gasteiger partial charge in [-0.2, -0.15) is 0 Å². The van der Waals surface area contributed by atoms with Gasteiger partial charge in [-0.05, 0) is 36.8 Å². The van der Waals surface area contributed by atoms with Gasteiger partial charge in [-0.1, -0.05) is 29.8 Å². The molecule has 0 spiro atoms. The van der Waals surface area contributed by atoms with E-state index in [1.54, 1.807) is 0 Å². The lowest BCUT2D eigenvalue weighted by atomic mass is 10.2. The van der Waals surface area contributed by atoms with E-state index in [-0.39, 0.29) is 0 Å². The average molecular weight is 429 g/mol. The van der Waals surface area contributed by atoms with Crippen molar-refractivity contribution in [3.63, 3.8) is 0 Å². The highest BCUT2D eigenvalue weighted by atomic mass is 35.5. The zero-order valence-electron chi connectivity index (χ0n) is 17.4. The maximum absolute atomic E-state index is 10.3. The molecule has 30 heavy (non-hydrogen) atoms. The minimum atomic E-state index is -0.482. The molecule has 1 aromatic carbocycles. The summed E-state index contributed by atoms with van der Waals surface area (Å²) < 4.78 is 7.85. The Morgan fingerprint density at radius 3 is 2.57 bits per heavy atom. The summed E-state index contributed by atoms with van der Waals surface area (Å²) in [7, 11) is 0. The van der Waals surface area contributed by atoms with Gasteiger partial charge >= 0.3 is 0 Å². The van der Waals surface area contributed by atoms with Crippen molar-refractivity contribution in [3.8, 4) is 0 Å². The molecule has 0 amide bonds. The van der Waals surface area contributed by atoms with E-state index in [9.17, 15) is 5.11 Å². The second kappa shape index (κ2) is 9.90. The van der Waals surface area contributed by atoms with E-state index in [4.69, 9.17) is 16.3 Å². The number of aliphatic hydroxyl groups is 1. The third kappa shape index (κ3) is 5.39. The van der Waals surface area contributed by atoms with E-state index in [1.165, 1.54) is 5.69 Å². The summed E-state index contributed by atoms with van der Waals surface area (Å²) in [5.74, 6) is 0. The number of hydrogen-bond donors (Lipinski definition) is 1. The number of imidazole rings is 1. The lowest BCUT2D eigenvalue weighted by molar-refractivity contribution is 0.000778. The van der Waals surface area contributed by atoms with Gasteiger partial charge < -0.3 is 14.2 Å². The van der Waals surface area contributed by atoms with Crippen LogP contribution in [-0.2, 0) is 17.9 Å². The predicted octanol–water partition coefficient (Wildman–Crippen LogP) is 2.99. The number of pyridine rings is 1. The van der Waals surface area contributed by atoms with Crippen LogP contribution in [0.2, 0.25) is 5.02 Å². The van der Waals surface area contributed by atoms with Crippen LogP contribution in [0.25, 0.3) is 5.65 Å². The molecule has 1 N–H and O–H groups in total. The van der Waals surface area contributed by atoms with Crippen molar-refractivity contribution in [1.82, 2.24) is 19.2 Å². The zero-order chi connectivity index (χ0) is 20.9. The summed E-state index contributed by atoms with van der Waals surface area (Å²) in [6.45, 7) is 8.31. The van der Waals surface area contributed by atoms with Crippen LogP contribution in [-0.4, -0.2) is 69.7 Å². The normalized spacial score (nSPS) is 16.9. The first-order valence-corrected chi connectivity index (χ1v) is 10.8. The lowest BCUT2D eigenvalue weighted by Gasteiger charge is -2.35. The molecule has 1 unspecified atom stereocenters. The first kappa shape index (κ1) is 21.3. The van der Waals surface area contributed by atoms with Crippen molar-refractivity contribution in [2.75, 3.05) is 39.3 Å². The van der Waals surface area contributed by atoms with Crippen LogP contribution >= 0.6 is 11.6 Å². The maximum atomic E-state index is 10.3. The molecular weight excluding hydrogens is 400 g/mol. The number of β-amino-alcohol motifs (C(OH)–C–C–N with tert-alkyl or cyclic N) is 1. The highest BCUT2D eigenvalue weighted by Crippen LogP contribution is 2.16. The van der Waals surface area contributed by atoms with Crippen molar-refractivity contribution in [2.45, 2.75) is 26.2 Å². The molecule has 0 radical (unpaired) electrons. The second-order valence-electron chi connectivity index (χ2n) is 7.94. The number of fused-ring (bicyclic) bond motifs is 1. The Labute approximate surface area is 182 Å². The molecule has 0 saturated carbocycles. The van der Waals surface area contributed by atoms with Crippen molar-refractivity contribution in [3.05, 3.63) is 70.6 Å². The van der Waals surface area contributed by atoms with Crippen molar-refractivity contribution >= 4 is 17.2 Å². The number of rotatable bonds is 8. The van der Waals surface area contributed by atoms with Gasteiger partial charge in [0, 0.05) is 50.5 Å². The van der Waals surface area contributed by atoms with Gasteiger partial charge in [-0.3, -0.25) is 9.80 Å². The van der Waals surface area contributed by atoms with Gasteiger partial charge in [-0.15, -0.1) is 0 Å². The minimum Gasteiger partial charge on any atom is -0.389 e. The quantitative estimate of drug-likeness (QED) is 0.597. The third-order valence-corrected chi connectivity index (χ3v) is 5.88. The van der Waals surface area contributed by atoms with Gasteiger partial charge in [0.15, 0.2) is 0 Å². The fraction of sp³-hybridized carbons (Fsp3) is 0.435. The number of aryl methyl sites for hydroxylation is 1. The van der Waals surface area contributed by atoms with Crippen LogP contribution in [0.1, 0.15) is 17.0 Å². The zero-order valence-corrected chi connectivity index (χ0v) is 18.1. The van der Waals surface area contributed by atoms with Crippen LogP contribution in [0, 0.1) is 6.92 Å². The minimum absolute atomic E-state index is 0.337. The van der Waals surface area contributed by atoms with Gasteiger partial charge in [0.2, 0.25) is 0 Å². The topological polar surface area (TPSA) is 53.2 Å². The largest absolute Gasteiger partial charge is 0.389 e. The average Bonchev–Trinajstić information content (AvgIpc) is 3.06. The second-order valence-corrected chi connectivity index (χ2v) is 8.38. The summed E-state index contributed by atoms with van der Waals surface area (Å²) >= 11 is 5.89. The van der Waals surface area contributed by atoms with E-state index >= 15 is 0 Å². The highest BCUT2D eigenvalue weighted by Gasteiger charge is 2.21. The fourth-order valence-corrected chi connectivity index (χ4v) is 4.07. The lowest BCUT2D eigenvalue weighted by Crippen LogP contribution is -2.48. The molecule has 1 saturated heterocycles. The van der Waals surface area contributed by atoms with Crippen molar-refractivity contribution in [2.24, 2.45) is 0 Å². The van der Waals surface area contributed by atoms with E-state index < -0.39 is 6.10 Å². The highest BCUT2D eigenvalue weighted by molar-refractivity contribution is 6.30. The Balaban J connectivity index is 1.19. The number of benzene rings is 1. The molecule has 0 aliphatic carbocycles. The van der Waals surface area contributed by atoms with E-state index in [1.807, 2.05) is 42.5 Å². The van der Waals surface area contributed by atoms with Crippen LogP contribution < -0.4 is 0 Å². The van der Waals surface area contributed by atoms with E-state index in [2.05, 4.69) is 32.3 Å². The summed E-state index contributed by atoms with van der Waals surface area (Å²) in [6, 6.07) is 13.7. The number of halogens is 1. The first-order valence-electron chi connectivity index (χ1n) is 10.5. The van der Waals surface area contributed by atoms with E-state index in [0.717, 1.165) is 54.7 Å². The van der Waals surface area contributed by atoms with Crippen molar-refractivity contribution < 1.29 is 9.84 Å². The molecule has 160 valence electrons. The molecule has 7 heteroatoms. The maximum Gasteiger partial charge on any atom is 0.137 e. The SMILES string of the molecule is Cc1nc2ccccn2c1CN1CCN(CC(O)COCc2ccc(Cl)cc2)CC1. The van der Waals surface area contributed by atoms with Crippen LogP contribution in [0.4, 0.5) is 0 Å².